The second-order valence-corrected chi connectivity index (χ2v) is 4.02. The van der Waals surface area contributed by atoms with Gasteiger partial charge in [-0.25, -0.2) is 0 Å². The number of hydrogen-bond donors (Lipinski definition) is 3. The van der Waals surface area contributed by atoms with Gasteiger partial charge in [0.2, 0.25) is 0 Å². The summed E-state index contributed by atoms with van der Waals surface area (Å²) < 4.78 is 0. The molecule has 0 rings (SSSR count). The van der Waals surface area contributed by atoms with Crippen molar-refractivity contribution in [1.29, 1.82) is 0 Å². The van der Waals surface area contributed by atoms with Gasteiger partial charge in [-0.15, -0.1) is 0 Å². The van der Waals surface area contributed by atoms with Crippen molar-refractivity contribution in [1.82, 2.24) is 0 Å². The summed E-state index contributed by atoms with van der Waals surface area (Å²) >= 11 is 0. The molecule has 0 aliphatic carbocycles. The van der Waals surface area contributed by atoms with Gasteiger partial charge in [-0.3, -0.25) is 0 Å². The van der Waals surface area contributed by atoms with Gasteiger partial charge in [0.1, 0.15) is 6.16 Å². The lowest BCUT2D eigenvalue weighted by Gasteiger charge is -2.04. The third-order valence-electron chi connectivity index (χ3n) is 0.610. The smallest absolute Gasteiger partial charge is 0.193 e. The van der Waals surface area contributed by atoms with E-state index in [1.165, 1.54) is 0 Å². The lowest BCUT2D eigenvalue weighted by atomic mass is 10.3. The summed E-state index contributed by atoms with van der Waals surface area (Å²) in [6, 6.07) is 0. The van der Waals surface area contributed by atoms with Gasteiger partial charge in [0.15, 0.2) is 0 Å². The average molecular weight is 139 g/mol. The van der Waals surface area contributed by atoms with Crippen LogP contribution < -0.4 is 0 Å². The van der Waals surface area contributed by atoms with E-state index < -0.39 is 7.94 Å². The maximum absolute atomic E-state index is 8.41. The van der Waals surface area contributed by atoms with E-state index in [-0.39, 0.29) is 12.1 Å². The molecule has 3 nitrogen and oxygen atoms in total. The van der Waals surface area contributed by atoms with Gasteiger partial charge in [0.25, 0.3) is 0 Å². The molecule has 0 saturated heterocycles. The van der Waals surface area contributed by atoms with Crippen LogP contribution in [0, 0.1) is 5.92 Å². The fraction of sp³-hybridized carbons (Fsp3) is 1.00. The quantitative estimate of drug-likeness (QED) is 0.485. The minimum atomic E-state index is -3.47. The first-order valence-electron chi connectivity index (χ1n) is 2.48. The van der Waals surface area contributed by atoms with Gasteiger partial charge < -0.3 is 0 Å². The minimum absolute atomic E-state index is 0.104. The molecule has 0 radical (unpaired) electrons. The van der Waals surface area contributed by atoms with Gasteiger partial charge in [0, 0.05) is 0 Å². The second kappa shape index (κ2) is 2.74. The van der Waals surface area contributed by atoms with Gasteiger partial charge >= 0.3 is 7.94 Å². The van der Waals surface area contributed by atoms with E-state index in [0.29, 0.717) is 0 Å². The lowest BCUT2D eigenvalue weighted by molar-refractivity contribution is 0.324. The third-order valence-corrected chi connectivity index (χ3v) is 1.83. The summed E-state index contributed by atoms with van der Waals surface area (Å²) in [5.74, 6) is 0.142. The summed E-state index contributed by atoms with van der Waals surface area (Å²) in [6.07, 6.45) is 0.104. The maximum atomic E-state index is 8.41. The molecule has 0 spiro atoms. The van der Waals surface area contributed by atoms with E-state index in [1.807, 2.05) is 13.8 Å². The molecule has 0 atom stereocenters. The van der Waals surface area contributed by atoms with E-state index >= 15 is 0 Å². The molecule has 0 aromatic heterocycles. The highest BCUT2D eigenvalue weighted by atomic mass is 31.2. The number of rotatable bonds is 2. The Morgan fingerprint density at radius 3 is 1.62 bits per heavy atom. The van der Waals surface area contributed by atoms with Crippen molar-refractivity contribution in [2.24, 2.45) is 5.92 Å². The molecule has 0 aliphatic rings. The minimum Gasteiger partial charge on any atom is -0.193 e. The topological polar surface area (TPSA) is 60.7 Å². The van der Waals surface area contributed by atoms with Crippen LogP contribution in [0.3, 0.4) is 0 Å². The predicted octanol–water partition coefficient (Wildman–Crippen LogP) is 0.382. The van der Waals surface area contributed by atoms with Crippen molar-refractivity contribution in [2.75, 3.05) is 6.16 Å². The van der Waals surface area contributed by atoms with Gasteiger partial charge in [-0.1, -0.05) is 13.8 Å². The zero-order chi connectivity index (χ0) is 6.78. The Kier molecular flexibility index (Phi) is 2.84. The highest BCUT2D eigenvalue weighted by Crippen LogP contribution is 2.45. The molecule has 0 aromatic carbocycles. The van der Waals surface area contributed by atoms with Gasteiger partial charge in [-0.2, -0.15) is 14.7 Å². The van der Waals surface area contributed by atoms with Crippen LogP contribution in [0.25, 0.3) is 0 Å². The Morgan fingerprint density at radius 2 is 1.62 bits per heavy atom. The Hall–Kier alpha value is 0.310. The fourth-order valence-corrected chi connectivity index (χ4v) is 1.47. The van der Waals surface area contributed by atoms with Crippen molar-refractivity contribution >= 4 is 7.94 Å². The predicted molar refractivity (Wildman–Crippen MR) is 33.3 cm³/mol. The number of hydrogen-bond acceptors (Lipinski definition) is 3. The first-order chi connectivity index (χ1) is 3.42. The monoisotopic (exact) mass is 139 g/mol. The molecule has 0 amide bonds. The summed E-state index contributed by atoms with van der Waals surface area (Å²) in [6.45, 7) is 3.63. The normalized spacial score (nSPS) is 12.8. The van der Waals surface area contributed by atoms with Crippen molar-refractivity contribution in [3.8, 4) is 0 Å². The van der Waals surface area contributed by atoms with E-state index in [2.05, 4.69) is 0 Å². The molecule has 0 unspecified atom stereocenters. The molecule has 0 aliphatic heterocycles. The van der Waals surface area contributed by atoms with E-state index in [4.69, 9.17) is 14.7 Å². The Bertz CT molecular complexity index is 66.2. The van der Waals surface area contributed by atoms with Crippen LogP contribution in [0.2, 0.25) is 0 Å². The largest absolute Gasteiger partial charge is 0.403 e. The van der Waals surface area contributed by atoms with Crippen LogP contribution in [0.5, 0.6) is 0 Å². The molecule has 0 fully saturated rings. The SMILES string of the molecule is CC(C)C[P+](O)(O)O. The highest BCUT2D eigenvalue weighted by molar-refractivity contribution is 7.58. The molecule has 0 saturated carbocycles. The summed E-state index contributed by atoms with van der Waals surface area (Å²) in [5.41, 5.74) is 0. The van der Waals surface area contributed by atoms with E-state index in [9.17, 15) is 0 Å². The van der Waals surface area contributed by atoms with Crippen molar-refractivity contribution in [2.45, 2.75) is 13.8 Å². The molecule has 8 heavy (non-hydrogen) atoms. The summed E-state index contributed by atoms with van der Waals surface area (Å²) in [7, 11) is -3.47. The zero-order valence-electron chi connectivity index (χ0n) is 5.07. The molecule has 0 heterocycles. The van der Waals surface area contributed by atoms with E-state index in [1.54, 1.807) is 0 Å². The van der Waals surface area contributed by atoms with Gasteiger partial charge in [-0.05, 0) is 5.92 Å². The molecular weight excluding hydrogens is 127 g/mol. The first kappa shape index (κ1) is 8.31. The maximum Gasteiger partial charge on any atom is 0.403 e. The van der Waals surface area contributed by atoms with Crippen LogP contribution >= 0.6 is 7.94 Å². The standard InChI is InChI=1S/C4H12O3P/c1-4(2)3-8(5,6)7/h4-7H,3H2,1-2H3/q+1. The molecule has 4 heteroatoms. The van der Waals surface area contributed by atoms with E-state index in [0.717, 1.165) is 0 Å². The van der Waals surface area contributed by atoms with Crippen LogP contribution in [-0.2, 0) is 0 Å². The molecule has 0 bridgehead atoms. The molecule has 3 N–H and O–H groups in total. The van der Waals surface area contributed by atoms with Crippen molar-refractivity contribution < 1.29 is 14.7 Å². The van der Waals surface area contributed by atoms with Crippen LogP contribution in [0.1, 0.15) is 13.8 Å². The Labute approximate surface area is 49.6 Å². The average Bonchev–Trinajstić information content (AvgIpc) is 1.21. The lowest BCUT2D eigenvalue weighted by Crippen LogP contribution is -2.01. The molecule has 0 aromatic rings. The third kappa shape index (κ3) is 6.31. The first-order valence-corrected chi connectivity index (χ1v) is 4.31. The van der Waals surface area contributed by atoms with Crippen LogP contribution in [0.4, 0.5) is 0 Å². The Morgan fingerprint density at radius 1 is 1.25 bits per heavy atom. The van der Waals surface area contributed by atoms with Crippen LogP contribution in [-0.4, -0.2) is 20.8 Å². The van der Waals surface area contributed by atoms with Crippen LogP contribution in [0.15, 0.2) is 0 Å². The summed E-state index contributed by atoms with van der Waals surface area (Å²) in [4.78, 5) is 25.2. The summed E-state index contributed by atoms with van der Waals surface area (Å²) in [5, 5.41) is 0. The zero-order valence-corrected chi connectivity index (χ0v) is 5.97. The second-order valence-electron chi connectivity index (χ2n) is 2.27. The van der Waals surface area contributed by atoms with Crippen molar-refractivity contribution in [3.63, 3.8) is 0 Å². The van der Waals surface area contributed by atoms with Crippen molar-refractivity contribution in [3.05, 3.63) is 0 Å². The van der Waals surface area contributed by atoms with Gasteiger partial charge in [0.05, 0.1) is 0 Å². The molecule has 50 valence electrons. The highest BCUT2D eigenvalue weighted by Gasteiger charge is 2.30. The Balaban J connectivity index is 3.39. The fourth-order valence-electron chi connectivity index (χ4n) is 0.490. The molecular formula is C4H12O3P+.